The summed E-state index contributed by atoms with van der Waals surface area (Å²) in [6.07, 6.45) is 0. The second-order valence-electron chi connectivity index (χ2n) is 14.5. The molecule has 1 nitrogen and oxygen atoms in total. The lowest BCUT2D eigenvalue weighted by molar-refractivity contribution is 0.660. The topological polar surface area (TPSA) is 3.24 Å². The van der Waals surface area contributed by atoms with Gasteiger partial charge < -0.3 is 4.90 Å². The van der Waals surface area contributed by atoms with Crippen molar-refractivity contribution in [3.05, 3.63) is 162 Å². The first-order valence-corrected chi connectivity index (χ1v) is 17.8. The zero-order valence-corrected chi connectivity index (χ0v) is 28.5. The summed E-state index contributed by atoms with van der Waals surface area (Å²) in [5.41, 5.74) is 14.4. The van der Waals surface area contributed by atoms with Crippen LogP contribution in [0.1, 0.15) is 49.9 Å². The summed E-state index contributed by atoms with van der Waals surface area (Å²) < 4.78 is 2.63. The molecule has 0 bridgehead atoms. The summed E-state index contributed by atoms with van der Waals surface area (Å²) >= 11 is 1.88. The maximum Gasteiger partial charge on any atom is 0.0555 e. The zero-order valence-electron chi connectivity index (χ0n) is 27.6. The van der Waals surface area contributed by atoms with Crippen molar-refractivity contribution in [2.45, 2.75) is 38.5 Å². The predicted molar refractivity (Wildman–Crippen MR) is 207 cm³/mol. The lowest BCUT2D eigenvalue weighted by Crippen LogP contribution is -2.18. The number of rotatable bonds is 3. The molecule has 0 unspecified atom stereocenters. The first-order chi connectivity index (χ1) is 23.3. The van der Waals surface area contributed by atoms with E-state index < -0.39 is 0 Å². The average molecular weight is 634 g/mol. The van der Waals surface area contributed by atoms with Gasteiger partial charge in [-0.25, -0.2) is 0 Å². The quantitative estimate of drug-likeness (QED) is 0.187. The van der Waals surface area contributed by atoms with Crippen LogP contribution in [0.3, 0.4) is 0 Å². The van der Waals surface area contributed by atoms with Crippen molar-refractivity contribution in [1.29, 1.82) is 0 Å². The Morgan fingerprint density at radius 3 is 1.96 bits per heavy atom. The minimum Gasteiger partial charge on any atom is -0.309 e. The molecule has 2 aliphatic rings. The van der Waals surface area contributed by atoms with Gasteiger partial charge in [0.15, 0.2) is 0 Å². The number of thiophene rings is 1. The van der Waals surface area contributed by atoms with Gasteiger partial charge in [-0.05, 0) is 86.1 Å². The predicted octanol–water partition coefficient (Wildman–Crippen LogP) is 13.3. The van der Waals surface area contributed by atoms with Crippen LogP contribution < -0.4 is 4.90 Å². The summed E-state index contributed by atoms with van der Waals surface area (Å²) in [5.74, 6) is 0. The molecule has 8 aromatic rings. The summed E-state index contributed by atoms with van der Waals surface area (Å²) in [4.78, 5) is 2.59. The van der Waals surface area contributed by atoms with E-state index in [2.05, 4.69) is 172 Å². The third-order valence-electron chi connectivity index (χ3n) is 11.2. The summed E-state index contributed by atoms with van der Waals surface area (Å²) in [7, 11) is 0. The Bertz CT molecular complexity index is 2630. The van der Waals surface area contributed by atoms with Gasteiger partial charge in [0.05, 0.1) is 11.4 Å². The lowest BCUT2D eigenvalue weighted by atomic mass is 9.80. The molecule has 2 aliphatic carbocycles. The first kappa shape index (κ1) is 27.9. The van der Waals surface area contributed by atoms with E-state index in [1.54, 1.807) is 0 Å². The van der Waals surface area contributed by atoms with E-state index in [0.29, 0.717) is 0 Å². The summed E-state index contributed by atoms with van der Waals surface area (Å²) in [5, 5.41) is 5.23. The molecule has 0 fully saturated rings. The Kier molecular flexibility index (Phi) is 5.63. The molecule has 0 saturated carbocycles. The van der Waals surface area contributed by atoms with E-state index in [9.17, 15) is 0 Å². The van der Waals surface area contributed by atoms with Gasteiger partial charge in [0, 0.05) is 42.3 Å². The van der Waals surface area contributed by atoms with E-state index in [0.717, 1.165) is 0 Å². The lowest BCUT2D eigenvalue weighted by Gasteiger charge is -2.32. The maximum atomic E-state index is 2.59. The monoisotopic (exact) mass is 633 g/mol. The number of hydrogen-bond donors (Lipinski definition) is 0. The van der Waals surface area contributed by atoms with Gasteiger partial charge in [-0.2, -0.15) is 0 Å². The second kappa shape index (κ2) is 9.69. The molecule has 2 heteroatoms. The summed E-state index contributed by atoms with van der Waals surface area (Å²) in [6, 6.07) is 52.4. The standard InChI is InChI=1S/C46H35NS/c1-45(2)35-19-10-7-16-31(35)32-25-24-29(27-37(32)45)47(38-21-13-23-41-42(38)34-18-9-12-22-40(34)48-41)39-26-28-14-5-6-15-30(28)44-43(39)33-17-8-11-20-36(33)46(44,3)4/h5-27H,1-4H3. The Hall–Kier alpha value is -5.18. The highest BCUT2D eigenvalue weighted by molar-refractivity contribution is 7.26. The molecular weight excluding hydrogens is 599 g/mol. The first-order valence-electron chi connectivity index (χ1n) is 16.9. The van der Waals surface area contributed by atoms with Gasteiger partial charge >= 0.3 is 0 Å². The van der Waals surface area contributed by atoms with Crippen molar-refractivity contribution in [2.75, 3.05) is 4.90 Å². The van der Waals surface area contributed by atoms with Crippen LogP contribution in [-0.2, 0) is 10.8 Å². The zero-order chi connectivity index (χ0) is 32.4. The highest BCUT2D eigenvalue weighted by Crippen LogP contribution is 2.58. The summed E-state index contributed by atoms with van der Waals surface area (Å²) in [6.45, 7) is 9.57. The van der Waals surface area contributed by atoms with Crippen LogP contribution in [0.2, 0.25) is 0 Å². The molecule has 7 aromatic carbocycles. The third kappa shape index (κ3) is 3.61. The van der Waals surface area contributed by atoms with Crippen LogP contribution in [0.15, 0.2) is 140 Å². The fourth-order valence-electron chi connectivity index (χ4n) is 8.99. The van der Waals surface area contributed by atoms with Crippen molar-refractivity contribution >= 4 is 59.3 Å². The number of hydrogen-bond acceptors (Lipinski definition) is 2. The molecule has 48 heavy (non-hydrogen) atoms. The largest absolute Gasteiger partial charge is 0.309 e. The van der Waals surface area contributed by atoms with Crippen molar-refractivity contribution < 1.29 is 0 Å². The molecule has 0 atom stereocenters. The van der Waals surface area contributed by atoms with Gasteiger partial charge in [-0.1, -0.05) is 131 Å². The molecule has 10 rings (SSSR count). The van der Waals surface area contributed by atoms with Gasteiger partial charge in [-0.3, -0.25) is 0 Å². The van der Waals surface area contributed by atoms with Crippen LogP contribution in [0.5, 0.6) is 0 Å². The van der Waals surface area contributed by atoms with E-state index >= 15 is 0 Å². The third-order valence-corrected chi connectivity index (χ3v) is 12.3. The van der Waals surface area contributed by atoms with Crippen LogP contribution >= 0.6 is 11.3 Å². The van der Waals surface area contributed by atoms with Crippen molar-refractivity contribution in [2.24, 2.45) is 0 Å². The van der Waals surface area contributed by atoms with E-state index in [4.69, 9.17) is 0 Å². The highest BCUT2D eigenvalue weighted by atomic mass is 32.1. The molecule has 0 amide bonds. The highest BCUT2D eigenvalue weighted by Gasteiger charge is 2.40. The number of anilines is 3. The Morgan fingerprint density at radius 2 is 1.12 bits per heavy atom. The number of benzene rings is 7. The Balaban J connectivity index is 1.35. The fourth-order valence-corrected chi connectivity index (χ4v) is 10.1. The molecule has 230 valence electrons. The molecular formula is C46H35NS. The van der Waals surface area contributed by atoms with E-state index in [-0.39, 0.29) is 10.8 Å². The number of nitrogens with zero attached hydrogens (tertiary/aromatic N) is 1. The van der Waals surface area contributed by atoms with Crippen molar-refractivity contribution in [1.82, 2.24) is 0 Å². The molecule has 1 aromatic heterocycles. The fraction of sp³-hybridized carbons (Fsp3) is 0.130. The van der Waals surface area contributed by atoms with Crippen molar-refractivity contribution in [3.8, 4) is 22.3 Å². The molecule has 0 spiro atoms. The van der Waals surface area contributed by atoms with Gasteiger partial charge in [0.2, 0.25) is 0 Å². The number of fused-ring (bicyclic) bond motifs is 11. The molecule has 0 aliphatic heterocycles. The van der Waals surface area contributed by atoms with Gasteiger partial charge in [0.25, 0.3) is 0 Å². The Labute approximate surface area is 285 Å². The second-order valence-corrected chi connectivity index (χ2v) is 15.6. The van der Waals surface area contributed by atoms with Crippen LogP contribution in [0.4, 0.5) is 17.1 Å². The maximum absolute atomic E-state index is 2.59. The Morgan fingerprint density at radius 1 is 0.479 bits per heavy atom. The van der Waals surface area contributed by atoms with Crippen LogP contribution in [-0.4, -0.2) is 0 Å². The van der Waals surface area contributed by atoms with E-state index in [1.807, 2.05) is 11.3 Å². The van der Waals surface area contributed by atoms with Crippen LogP contribution in [0.25, 0.3) is 53.2 Å². The molecule has 0 radical (unpaired) electrons. The normalized spacial score (nSPS) is 15.0. The van der Waals surface area contributed by atoms with Crippen LogP contribution in [0, 0.1) is 0 Å². The molecule has 0 saturated heterocycles. The minimum atomic E-state index is -0.143. The smallest absolute Gasteiger partial charge is 0.0555 e. The van der Waals surface area contributed by atoms with Gasteiger partial charge in [0.1, 0.15) is 0 Å². The molecule has 1 heterocycles. The van der Waals surface area contributed by atoms with E-state index in [1.165, 1.54) is 92.5 Å². The van der Waals surface area contributed by atoms with Crippen molar-refractivity contribution in [3.63, 3.8) is 0 Å². The SMILES string of the molecule is CC1(C)c2ccccc2-c2ccc(N(c3cc4ccccc4c4c3-c3ccccc3C4(C)C)c3cccc4sc5ccccc5c34)cc21. The minimum absolute atomic E-state index is 0.103. The molecule has 0 N–H and O–H groups in total. The van der Waals surface area contributed by atoms with Gasteiger partial charge in [-0.15, -0.1) is 11.3 Å². The average Bonchev–Trinajstić information content (AvgIpc) is 3.69.